The van der Waals surface area contributed by atoms with Crippen molar-refractivity contribution >= 4 is 32.4 Å². The van der Waals surface area contributed by atoms with Crippen molar-refractivity contribution in [3.8, 4) is 0 Å². The van der Waals surface area contributed by atoms with E-state index < -0.39 is 10.0 Å². The molecular weight excluding hydrogens is 348 g/mol. The van der Waals surface area contributed by atoms with Gasteiger partial charge in [0.25, 0.3) is 0 Å². The molecule has 0 saturated carbocycles. The van der Waals surface area contributed by atoms with E-state index in [1.165, 1.54) is 9.18 Å². The second-order valence-electron chi connectivity index (χ2n) is 5.65. The summed E-state index contributed by atoms with van der Waals surface area (Å²) >= 11 is 1.72. The highest BCUT2D eigenvalue weighted by Crippen LogP contribution is 2.24. The molecular formula is C15H16N4O3S2. The lowest BCUT2D eigenvalue weighted by Crippen LogP contribution is -2.48. The Morgan fingerprint density at radius 3 is 2.67 bits per heavy atom. The standard InChI is InChI=1S/C15H16N4O3S2/c20-24(21,14-5-1-4-13-15(14)17-22-16-13)19-8-6-18(7-9-19)11-12-3-2-10-23-12/h1-5,10H,6-9,11H2. The van der Waals surface area contributed by atoms with E-state index in [0.717, 1.165) is 6.54 Å². The molecule has 3 heterocycles. The van der Waals surface area contributed by atoms with E-state index in [2.05, 4.69) is 31.3 Å². The highest BCUT2D eigenvalue weighted by Gasteiger charge is 2.30. The summed E-state index contributed by atoms with van der Waals surface area (Å²) in [7, 11) is -3.60. The summed E-state index contributed by atoms with van der Waals surface area (Å²) in [4.78, 5) is 3.73. The molecule has 2 aromatic heterocycles. The zero-order chi connectivity index (χ0) is 16.6. The fourth-order valence-electron chi connectivity index (χ4n) is 2.88. The van der Waals surface area contributed by atoms with Crippen molar-refractivity contribution < 1.29 is 13.0 Å². The minimum Gasteiger partial charge on any atom is -0.296 e. The molecule has 1 fully saturated rings. The first-order valence-electron chi connectivity index (χ1n) is 7.61. The van der Waals surface area contributed by atoms with E-state index in [0.29, 0.717) is 37.2 Å². The summed E-state index contributed by atoms with van der Waals surface area (Å²) in [5, 5.41) is 9.52. The third kappa shape index (κ3) is 2.84. The molecule has 1 aliphatic rings. The summed E-state index contributed by atoms with van der Waals surface area (Å²) in [6.07, 6.45) is 0. The summed E-state index contributed by atoms with van der Waals surface area (Å²) in [5.74, 6) is 0. The van der Waals surface area contributed by atoms with Gasteiger partial charge in [0.2, 0.25) is 10.0 Å². The van der Waals surface area contributed by atoms with Crippen molar-refractivity contribution in [2.45, 2.75) is 11.4 Å². The summed E-state index contributed by atoms with van der Waals surface area (Å²) < 4.78 is 32.0. The number of benzene rings is 1. The molecule has 0 N–H and O–H groups in total. The van der Waals surface area contributed by atoms with Gasteiger partial charge in [-0.15, -0.1) is 11.3 Å². The highest BCUT2D eigenvalue weighted by atomic mass is 32.2. The molecule has 0 radical (unpaired) electrons. The molecule has 4 rings (SSSR count). The molecule has 0 aliphatic carbocycles. The van der Waals surface area contributed by atoms with Crippen molar-refractivity contribution in [2.24, 2.45) is 0 Å². The zero-order valence-electron chi connectivity index (χ0n) is 12.8. The fraction of sp³-hybridized carbons (Fsp3) is 0.333. The van der Waals surface area contributed by atoms with Crippen LogP contribution in [0.4, 0.5) is 0 Å². The number of fused-ring (bicyclic) bond motifs is 1. The number of sulfonamides is 1. The van der Waals surface area contributed by atoms with Crippen LogP contribution in [0.15, 0.2) is 45.2 Å². The van der Waals surface area contributed by atoms with E-state index >= 15 is 0 Å². The number of thiophene rings is 1. The van der Waals surface area contributed by atoms with Gasteiger partial charge in [-0.1, -0.05) is 12.1 Å². The van der Waals surface area contributed by atoms with Gasteiger partial charge in [0.15, 0.2) is 5.52 Å². The van der Waals surface area contributed by atoms with E-state index in [4.69, 9.17) is 0 Å². The summed E-state index contributed by atoms with van der Waals surface area (Å²) in [6.45, 7) is 3.23. The second-order valence-corrected chi connectivity index (χ2v) is 8.59. The maximum Gasteiger partial charge on any atom is 0.245 e. The molecule has 24 heavy (non-hydrogen) atoms. The van der Waals surface area contributed by atoms with Crippen molar-refractivity contribution in [1.82, 2.24) is 19.5 Å². The van der Waals surface area contributed by atoms with Gasteiger partial charge < -0.3 is 0 Å². The molecule has 7 nitrogen and oxygen atoms in total. The topological polar surface area (TPSA) is 79.5 Å². The first-order valence-corrected chi connectivity index (χ1v) is 9.93. The quantitative estimate of drug-likeness (QED) is 0.702. The molecule has 9 heteroatoms. The van der Waals surface area contributed by atoms with Crippen LogP contribution in [0.1, 0.15) is 4.88 Å². The lowest BCUT2D eigenvalue weighted by atomic mass is 10.3. The lowest BCUT2D eigenvalue weighted by Gasteiger charge is -2.33. The van der Waals surface area contributed by atoms with Crippen LogP contribution in [-0.4, -0.2) is 54.1 Å². The Morgan fingerprint density at radius 2 is 1.92 bits per heavy atom. The van der Waals surface area contributed by atoms with Gasteiger partial charge in [-0.05, 0) is 33.9 Å². The number of nitrogens with zero attached hydrogens (tertiary/aromatic N) is 4. The first-order chi connectivity index (χ1) is 11.6. The molecule has 0 amide bonds. The van der Waals surface area contributed by atoms with Crippen LogP contribution >= 0.6 is 11.3 Å². The maximum atomic E-state index is 12.9. The van der Waals surface area contributed by atoms with Crippen LogP contribution < -0.4 is 0 Å². The van der Waals surface area contributed by atoms with Crippen LogP contribution in [0.2, 0.25) is 0 Å². The molecule has 3 aromatic rings. The predicted molar refractivity (Wildman–Crippen MR) is 90.2 cm³/mol. The molecule has 1 saturated heterocycles. The largest absolute Gasteiger partial charge is 0.296 e. The van der Waals surface area contributed by atoms with Gasteiger partial charge in [0, 0.05) is 37.6 Å². The summed E-state index contributed by atoms with van der Waals surface area (Å²) in [5.41, 5.74) is 0.742. The number of hydrogen-bond donors (Lipinski definition) is 0. The number of hydrogen-bond acceptors (Lipinski definition) is 7. The van der Waals surface area contributed by atoms with Gasteiger partial charge in [-0.3, -0.25) is 4.90 Å². The Hall–Kier alpha value is -1.81. The average molecular weight is 364 g/mol. The molecule has 0 bridgehead atoms. The van der Waals surface area contributed by atoms with E-state index in [1.807, 2.05) is 6.07 Å². The van der Waals surface area contributed by atoms with Crippen molar-refractivity contribution in [1.29, 1.82) is 0 Å². The Balaban J connectivity index is 1.51. The number of piperazine rings is 1. The zero-order valence-corrected chi connectivity index (χ0v) is 14.5. The highest BCUT2D eigenvalue weighted by molar-refractivity contribution is 7.89. The van der Waals surface area contributed by atoms with Gasteiger partial charge in [-0.25, -0.2) is 13.0 Å². The third-order valence-corrected chi connectivity index (χ3v) is 6.95. The fourth-order valence-corrected chi connectivity index (χ4v) is 5.18. The lowest BCUT2D eigenvalue weighted by molar-refractivity contribution is 0.183. The van der Waals surface area contributed by atoms with Gasteiger partial charge in [-0.2, -0.15) is 4.31 Å². The normalized spacial score (nSPS) is 17.5. The number of rotatable bonds is 4. The molecule has 0 atom stereocenters. The minimum atomic E-state index is -3.60. The molecule has 0 unspecified atom stereocenters. The smallest absolute Gasteiger partial charge is 0.245 e. The van der Waals surface area contributed by atoms with E-state index in [1.54, 1.807) is 29.5 Å². The van der Waals surface area contributed by atoms with Crippen molar-refractivity contribution in [3.05, 3.63) is 40.6 Å². The SMILES string of the molecule is O=S(=O)(c1cccc2nonc12)N1CCN(Cc2cccs2)CC1. The van der Waals surface area contributed by atoms with Crippen LogP contribution in [0.25, 0.3) is 11.0 Å². The minimum absolute atomic E-state index is 0.160. The Kier molecular flexibility index (Phi) is 4.09. The van der Waals surface area contributed by atoms with Crippen LogP contribution in [-0.2, 0) is 16.6 Å². The van der Waals surface area contributed by atoms with Gasteiger partial charge in [0.1, 0.15) is 10.4 Å². The third-order valence-electron chi connectivity index (χ3n) is 4.16. The van der Waals surface area contributed by atoms with E-state index in [9.17, 15) is 8.42 Å². The predicted octanol–water partition coefficient (Wildman–Crippen LogP) is 1.79. The molecule has 126 valence electrons. The van der Waals surface area contributed by atoms with Gasteiger partial charge in [0.05, 0.1) is 0 Å². The Bertz CT molecular complexity index is 929. The molecule has 1 aromatic carbocycles. The van der Waals surface area contributed by atoms with Gasteiger partial charge >= 0.3 is 0 Å². The first kappa shape index (κ1) is 15.7. The molecule has 1 aliphatic heterocycles. The van der Waals surface area contributed by atoms with Crippen molar-refractivity contribution in [3.63, 3.8) is 0 Å². The Morgan fingerprint density at radius 1 is 1.08 bits per heavy atom. The van der Waals surface area contributed by atoms with Crippen LogP contribution in [0.5, 0.6) is 0 Å². The van der Waals surface area contributed by atoms with Crippen molar-refractivity contribution in [2.75, 3.05) is 26.2 Å². The molecule has 0 spiro atoms. The average Bonchev–Trinajstić information content (AvgIpc) is 3.26. The maximum absolute atomic E-state index is 12.9. The number of aromatic nitrogens is 2. The van der Waals surface area contributed by atoms with E-state index in [-0.39, 0.29) is 4.90 Å². The monoisotopic (exact) mass is 364 g/mol. The van der Waals surface area contributed by atoms with Crippen LogP contribution in [0.3, 0.4) is 0 Å². The summed E-state index contributed by atoms with van der Waals surface area (Å²) in [6, 6.07) is 9.04. The Labute approximate surface area is 143 Å². The second kappa shape index (κ2) is 6.25. The van der Waals surface area contributed by atoms with Crippen LogP contribution in [0, 0.1) is 0 Å².